The van der Waals surface area contributed by atoms with E-state index in [0.29, 0.717) is 4.88 Å². The highest BCUT2D eigenvalue weighted by Gasteiger charge is 2.23. The van der Waals surface area contributed by atoms with Crippen molar-refractivity contribution in [2.45, 2.75) is 6.04 Å². The van der Waals surface area contributed by atoms with E-state index in [2.05, 4.69) is 21.2 Å². The minimum Gasteiger partial charge on any atom is -0.479 e. The zero-order chi connectivity index (χ0) is 14.7. The van der Waals surface area contributed by atoms with Crippen molar-refractivity contribution in [2.24, 2.45) is 0 Å². The average molecular weight is 355 g/mol. The third-order valence-corrected chi connectivity index (χ3v) is 4.29. The van der Waals surface area contributed by atoms with Gasteiger partial charge in [0.2, 0.25) is 0 Å². The quantitative estimate of drug-likeness (QED) is 0.876. The number of hydrogen-bond donors (Lipinski definition) is 2. The summed E-state index contributed by atoms with van der Waals surface area (Å²) in [5.41, 5.74) is 0.174. The SMILES string of the molecule is N#Cc1ccc(NC(C(=O)O)c2cccs2)c(F)c1Br. The summed E-state index contributed by atoms with van der Waals surface area (Å²) >= 11 is 4.25. The first-order chi connectivity index (χ1) is 9.54. The lowest BCUT2D eigenvalue weighted by Gasteiger charge is -2.15. The molecule has 102 valence electrons. The molecule has 0 saturated heterocycles. The lowest BCUT2D eigenvalue weighted by Crippen LogP contribution is -2.20. The highest BCUT2D eigenvalue weighted by molar-refractivity contribution is 9.10. The molecule has 0 aliphatic heterocycles. The van der Waals surface area contributed by atoms with E-state index >= 15 is 0 Å². The summed E-state index contributed by atoms with van der Waals surface area (Å²) in [6.45, 7) is 0. The van der Waals surface area contributed by atoms with Gasteiger partial charge in [-0.05, 0) is 39.5 Å². The van der Waals surface area contributed by atoms with Crippen LogP contribution >= 0.6 is 27.3 Å². The normalized spacial score (nSPS) is 11.7. The van der Waals surface area contributed by atoms with Crippen molar-refractivity contribution in [3.05, 3.63) is 50.4 Å². The summed E-state index contributed by atoms with van der Waals surface area (Å²) in [5.74, 6) is -1.79. The summed E-state index contributed by atoms with van der Waals surface area (Å²) < 4.78 is 14.1. The summed E-state index contributed by atoms with van der Waals surface area (Å²) in [4.78, 5) is 11.8. The molecule has 0 aliphatic carbocycles. The van der Waals surface area contributed by atoms with Crippen LogP contribution in [0.2, 0.25) is 0 Å². The molecule has 2 aromatic rings. The monoisotopic (exact) mass is 354 g/mol. The number of aliphatic carboxylic acids is 1. The second-order valence-electron chi connectivity index (χ2n) is 3.83. The third kappa shape index (κ3) is 2.81. The van der Waals surface area contributed by atoms with Gasteiger partial charge in [-0.25, -0.2) is 9.18 Å². The molecular weight excluding hydrogens is 347 g/mol. The Morgan fingerprint density at radius 3 is 2.80 bits per heavy atom. The first-order valence-corrected chi connectivity index (χ1v) is 7.12. The molecule has 2 rings (SSSR count). The van der Waals surface area contributed by atoms with Gasteiger partial charge in [0.25, 0.3) is 0 Å². The second-order valence-corrected chi connectivity index (χ2v) is 5.60. The molecule has 0 amide bonds. The van der Waals surface area contributed by atoms with Crippen molar-refractivity contribution in [3.63, 3.8) is 0 Å². The molecule has 0 fully saturated rings. The van der Waals surface area contributed by atoms with Crippen molar-refractivity contribution in [1.82, 2.24) is 0 Å². The fourth-order valence-corrected chi connectivity index (χ4v) is 2.81. The fourth-order valence-electron chi connectivity index (χ4n) is 1.61. The van der Waals surface area contributed by atoms with E-state index in [1.807, 2.05) is 6.07 Å². The number of nitrogens with zero attached hydrogens (tertiary/aromatic N) is 1. The van der Waals surface area contributed by atoms with E-state index in [1.54, 1.807) is 17.5 Å². The average Bonchev–Trinajstić information content (AvgIpc) is 2.94. The second kappa shape index (κ2) is 6.03. The van der Waals surface area contributed by atoms with Crippen LogP contribution in [-0.2, 0) is 4.79 Å². The molecule has 4 nitrogen and oxygen atoms in total. The van der Waals surface area contributed by atoms with E-state index in [-0.39, 0.29) is 15.7 Å². The smallest absolute Gasteiger partial charge is 0.331 e. The van der Waals surface area contributed by atoms with Crippen LogP contribution in [0.3, 0.4) is 0 Å². The first kappa shape index (κ1) is 14.5. The predicted octanol–water partition coefficient (Wildman–Crippen LogP) is 3.76. The van der Waals surface area contributed by atoms with Crippen LogP contribution in [0, 0.1) is 17.1 Å². The Hall–Kier alpha value is -1.91. The third-order valence-electron chi connectivity index (χ3n) is 2.58. The van der Waals surface area contributed by atoms with Crippen LogP contribution in [0.25, 0.3) is 0 Å². The summed E-state index contributed by atoms with van der Waals surface area (Å²) in [6, 6.07) is 6.95. The lowest BCUT2D eigenvalue weighted by atomic mass is 10.1. The van der Waals surface area contributed by atoms with Crippen molar-refractivity contribution in [3.8, 4) is 6.07 Å². The first-order valence-electron chi connectivity index (χ1n) is 5.45. The molecule has 1 atom stereocenters. The number of carboxylic acids is 1. The number of thiophene rings is 1. The number of nitrogens with one attached hydrogen (secondary N) is 1. The minimum atomic E-state index is -1.10. The highest BCUT2D eigenvalue weighted by Crippen LogP contribution is 2.30. The number of benzene rings is 1. The van der Waals surface area contributed by atoms with Gasteiger partial charge in [0.1, 0.15) is 6.07 Å². The molecule has 20 heavy (non-hydrogen) atoms. The molecule has 1 aromatic carbocycles. The Morgan fingerprint density at radius 2 is 2.25 bits per heavy atom. The zero-order valence-corrected chi connectivity index (χ0v) is 12.3. The van der Waals surface area contributed by atoms with E-state index in [4.69, 9.17) is 5.26 Å². The van der Waals surface area contributed by atoms with E-state index in [9.17, 15) is 14.3 Å². The molecule has 0 aliphatic rings. The van der Waals surface area contributed by atoms with Crippen molar-refractivity contribution in [1.29, 1.82) is 5.26 Å². The van der Waals surface area contributed by atoms with Crippen molar-refractivity contribution < 1.29 is 14.3 Å². The van der Waals surface area contributed by atoms with Gasteiger partial charge < -0.3 is 10.4 Å². The Bertz CT molecular complexity index is 682. The van der Waals surface area contributed by atoms with Gasteiger partial charge in [0.05, 0.1) is 15.7 Å². The minimum absolute atomic E-state index is 0.0142. The maximum atomic E-state index is 14.1. The number of nitriles is 1. The Labute approximate surface area is 126 Å². The molecule has 0 saturated carbocycles. The van der Waals surface area contributed by atoms with E-state index in [1.165, 1.54) is 23.5 Å². The standard InChI is InChI=1S/C13H8BrFN2O2S/c14-10-7(6-16)3-4-8(11(10)15)17-12(13(18)19)9-2-1-5-20-9/h1-5,12,17H,(H,18,19). The molecule has 0 radical (unpaired) electrons. The zero-order valence-electron chi connectivity index (χ0n) is 9.93. The van der Waals surface area contributed by atoms with Crippen molar-refractivity contribution >= 4 is 38.9 Å². The van der Waals surface area contributed by atoms with Crippen LogP contribution < -0.4 is 5.32 Å². The molecule has 0 bridgehead atoms. The maximum absolute atomic E-state index is 14.1. The topological polar surface area (TPSA) is 73.1 Å². The van der Waals surface area contributed by atoms with Gasteiger partial charge in [-0.1, -0.05) is 6.07 Å². The largest absolute Gasteiger partial charge is 0.479 e. The summed E-state index contributed by atoms with van der Waals surface area (Å²) in [5, 5.41) is 22.4. The van der Waals surface area contributed by atoms with E-state index < -0.39 is 17.8 Å². The van der Waals surface area contributed by atoms with Crippen LogP contribution in [0.1, 0.15) is 16.5 Å². The lowest BCUT2D eigenvalue weighted by molar-refractivity contribution is -0.138. The number of anilines is 1. The Morgan fingerprint density at radius 1 is 1.50 bits per heavy atom. The van der Waals surface area contributed by atoms with Crippen LogP contribution in [0.5, 0.6) is 0 Å². The van der Waals surface area contributed by atoms with Gasteiger partial charge >= 0.3 is 5.97 Å². The number of carbonyl (C=O) groups is 1. The molecule has 1 heterocycles. The molecule has 1 unspecified atom stereocenters. The van der Waals surface area contributed by atoms with Gasteiger partial charge in [0, 0.05) is 4.88 Å². The van der Waals surface area contributed by atoms with Crippen LogP contribution in [-0.4, -0.2) is 11.1 Å². The number of carboxylic acid groups (broad SMARTS) is 1. The van der Waals surface area contributed by atoms with Gasteiger partial charge in [0.15, 0.2) is 11.9 Å². The van der Waals surface area contributed by atoms with Gasteiger partial charge in [-0.3, -0.25) is 0 Å². The summed E-state index contributed by atoms with van der Waals surface area (Å²) in [6.07, 6.45) is 0. The molecule has 1 aromatic heterocycles. The van der Waals surface area contributed by atoms with Gasteiger partial charge in [-0.15, -0.1) is 11.3 Å². The fraction of sp³-hybridized carbons (Fsp3) is 0.0769. The molecular formula is C13H8BrFN2O2S. The highest BCUT2D eigenvalue weighted by atomic mass is 79.9. The number of hydrogen-bond acceptors (Lipinski definition) is 4. The van der Waals surface area contributed by atoms with E-state index in [0.717, 1.165) is 0 Å². The summed E-state index contributed by atoms with van der Waals surface area (Å²) in [7, 11) is 0. The van der Waals surface area contributed by atoms with Crippen LogP contribution in [0.4, 0.5) is 10.1 Å². The molecule has 0 spiro atoms. The predicted molar refractivity (Wildman–Crippen MR) is 77.1 cm³/mol. The van der Waals surface area contributed by atoms with Gasteiger partial charge in [-0.2, -0.15) is 5.26 Å². The Kier molecular flexibility index (Phi) is 4.37. The maximum Gasteiger partial charge on any atom is 0.331 e. The number of halogens is 2. The Balaban J connectivity index is 2.36. The van der Waals surface area contributed by atoms with Crippen molar-refractivity contribution in [2.75, 3.05) is 5.32 Å². The van der Waals surface area contributed by atoms with Crippen LogP contribution in [0.15, 0.2) is 34.1 Å². The molecule has 2 N–H and O–H groups in total. The number of rotatable bonds is 4. The molecule has 7 heteroatoms.